The van der Waals surface area contributed by atoms with Crippen LogP contribution in [-0.4, -0.2) is 18.7 Å². The standard InChI is InChI=1S/C10H10F3NO/c1-10(4-14-5-10)15-9-7(12)2-6(11)3-8(9)13/h2-3,14H,4-5H2,1H3. The molecule has 1 saturated heterocycles. The molecule has 2 nitrogen and oxygen atoms in total. The van der Waals surface area contributed by atoms with Crippen molar-refractivity contribution in [1.29, 1.82) is 0 Å². The number of halogens is 3. The maximum Gasteiger partial charge on any atom is 0.191 e. The van der Waals surface area contributed by atoms with Crippen molar-refractivity contribution < 1.29 is 17.9 Å². The predicted octanol–water partition coefficient (Wildman–Crippen LogP) is 1.84. The lowest BCUT2D eigenvalue weighted by Gasteiger charge is -2.39. The third-order valence-electron chi connectivity index (χ3n) is 2.31. The largest absolute Gasteiger partial charge is 0.479 e. The molecule has 1 aliphatic rings. The molecule has 5 heteroatoms. The van der Waals surface area contributed by atoms with Crippen LogP contribution in [0.2, 0.25) is 0 Å². The lowest BCUT2D eigenvalue weighted by atomic mass is 10.00. The van der Waals surface area contributed by atoms with Gasteiger partial charge in [-0.3, -0.25) is 0 Å². The van der Waals surface area contributed by atoms with Crippen molar-refractivity contribution in [3.63, 3.8) is 0 Å². The summed E-state index contributed by atoms with van der Waals surface area (Å²) in [6, 6.07) is 1.21. The molecule has 0 unspecified atom stereocenters. The molecular weight excluding hydrogens is 207 g/mol. The summed E-state index contributed by atoms with van der Waals surface area (Å²) in [4.78, 5) is 0. The molecule has 0 aliphatic carbocycles. The summed E-state index contributed by atoms with van der Waals surface area (Å²) in [6.07, 6.45) is 0. The van der Waals surface area contributed by atoms with Gasteiger partial charge in [-0.15, -0.1) is 0 Å². The monoisotopic (exact) mass is 217 g/mol. The van der Waals surface area contributed by atoms with E-state index in [9.17, 15) is 13.2 Å². The van der Waals surface area contributed by atoms with Crippen LogP contribution in [0.3, 0.4) is 0 Å². The Morgan fingerprint density at radius 3 is 2.13 bits per heavy atom. The second-order valence-electron chi connectivity index (χ2n) is 3.85. The molecule has 15 heavy (non-hydrogen) atoms. The molecule has 0 spiro atoms. The van der Waals surface area contributed by atoms with Gasteiger partial charge in [0.2, 0.25) is 0 Å². The minimum Gasteiger partial charge on any atom is -0.479 e. The van der Waals surface area contributed by atoms with E-state index in [1.54, 1.807) is 6.92 Å². The number of nitrogens with one attached hydrogen (secondary N) is 1. The molecule has 1 aliphatic heterocycles. The van der Waals surface area contributed by atoms with Gasteiger partial charge < -0.3 is 10.1 Å². The summed E-state index contributed by atoms with van der Waals surface area (Å²) in [6.45, 7) is 2.76. The molecule has 1 heterocycles. The molecule has 0 atom stereocenters. The molecule has 1 aromatic carbocycles. The van der Waals surface area contributed by atoms with E-state index in [1.165, 1.54) is 0 Å². The van der Waals surface area contributed by atoms with Crippen molar-refractivity contribution in [3.05, 3.63) is 29.6 Å². The van der Waals surface area contributed by atoms with E-state index in [0.717, 1.165) is 0 Å². The van der Waals surface area contributed by atoms with Gasteiger partial charge in [-0.05, 0) is 6.92 Å². The quantitative estimate of drug-likeness (QED) is 0.816. The smallest absolute Gasteiger partial charge is 0.191 e. The van der Waals surface area contributed by atoms with Gasteiger partial charge in [0.1, 0.15) is 11.4 Å². The van der Waals surface area contributed by atoms with Crippen LogP contribution in [-0.2, 0) is 0 Å². The van der Waals surface area contributed by atoms with Gasteiger partial charge in [0.25, 0.3) is 0 Å². The summed E-state index contributed by atoms with van der Waals surface area (Å²) in [5.41, 5.74) is -0.612. The lowest BCUT2D eigenvalue weighted by molar-refractivity contribution is 0.0270. The molecule has 0 aromatic heterocycles. The van der Waals surface area contributed by atoms with E-state index in [1.807, 2.05) is 0 Å². The van der Waals surface area contributed by atoms with Crippen molar-refractivity contribution in [2.75, 3.05) is 13.1 Å². The zero-order chi connectivity index (χ0) is 11.1. The predicted molar refractivity (Wildman–Crippen MR) is 48.2 cm³/mol. The van der Waals surface area contributed by atoms with Gasteiger partial charge in [0.15, 0.2) is 17.4 Å². The number of rotatable bonds is 2. The van der Waals surface area contributed by atoms with Crippen molar-refractivity contribution >= 4 is 0 Å². The van der Waals surface area contributed by atoms with E-state index in [0.29, 0.717) is 25.2 Å². The third-order valence-corrected chi connectivity index (χ3v) is 2.31. The zero-order valence-electron chi connectivity index (χ0n) is 8.11. The minimum absolute atomic E-state index is 0.514. The van der Waals surface area contributed by atoms with Gasteiger partial charge in [-0.25, -0.2) is 13.2 Å². The fourth-order valence-electron chi connectivity index (χ4n) is 1.42. The Hall–Kier alpha value is -1.23. The molecule has 82 valence electrons. The molecule has 1 aromatic rings. The van der Waals surface area contributed by atoms with Gasteiger partial charge in [-0.2, -0.15) is 0 Å². The molecule has 1 fully saturated rings. The number of ether oxygens (including phenoxy) is 1. The van der Waals surface area contributed by atoms with E-state index in [2.05, 4.69) is 5.32 Å². The van der Waals surface area contributed by atoms with Gasteiger partial charge in [-0.1, -0.05) is 0 Å². The first-order valence-electron chi connectivity index (χ1n) is 4.54. The van der Waals surface area contributed by atoms with Crippen LogP contribution >= 0.6 is 0 Å². The highest BCUT2D eigenvalue weighted by Gasteiger charge is 2.35. The molecule has 0 amide bonds. The molecule has 2 rings (SSSR count). The Bertz CT molecular complexity index is 367. The van der Waals surface area contributed by atoms with Crippen LogP contribution in [0.25, 0.3) is 0 Å². The maximum atomic E-state index is 13.2. The van der Waals surface area contributed by atoms with E-state index in [-0.39, 0.29) is 0 Å². The second-order valence-corrected chi connectivity index (χ2v) is 3.85. The van der Waals surface area contributed by atoms with Crippen LogP contribution in [0.15, 0.2) is 12.1 Å². The van der Waals surface area contributed by atoms with Gasteiger partial charge >= 0.3 is 0 Å². The summed E-state index contributed by atoms with van der Waals surface area (Å²) >= 11 is 0. The highest BCUT2D eigenvalue weighted by atomic mass is 19.1. The van der Waals surface area contributed by atoms with Crippen LogP contribution in [0.4, 0.5) is 13.2 Å². The van der Waals surface area contributed by atoms with E-state index in [4.69, 9.17) is 4.74 Å². The Balaban J connectivity index is 2.28. The Morgan fingerprint density at radius 1 is 1.20 bits per heavy atom. The van der Waals surface area contributed by atoms with Crippen molar-refractivity contribution in [2.45, 2.75) is 12.5 Å². The molecular formula is C10H10F3NO. The molecule has 0 radical (unpaired) electrons. The van der Waals surface area contributed by atoms with Crippen LogP contribution in [0.5, 0.6) is 5.75 Å². The number of benzene rings is 1. The van der Waals surface area contributed by atoms with E-state index >= 15 is 0 Å². The fourth-order valence-corrected chi connectivity index (χ4v) is 1.42. The van der Waals surface area contributed by atoms with Gasteiger partial charge in [0, 0.05) is 25.2 Å². The summed E-state index contributed by atoms with van der Waals surface area (Å²) < 4.78 is 44.1. The fraction of sp³-hybridized carbons (Fsp3) is 0.400. The Labute approximate surface area is 85.0 Å². The van der Waals surface area contributed by atoms with E-state index < -0.39 is 28.8 Å². The average Bonchev–Trinajstić information content (AvgIpc) is 2.08. The molecule has 0 bridgehead atoms. The Kier molecular flexibility index (Phi) is 2.34. The maximum absolute atomic E-state index is 13.2. The van der Waals surface area contributed by atoms with Crippen LogP contribution in [0.1, 0.15) is 6.92 Å². The first kappa shape index (κ1) is 10.3. The molecule has 0 saturated carbocycles. The van der Waals surface area contributed by atoms with Gasteiger partial charge in [0.05, 0.1) is 0 Å². The second kappa shape index (κ2) is 3.41. The highest BCUT2D eigenvalue weighted by molar-refractivity contribution is 5.28. The number of hydrogen-bond donors (Lipinski definition) is 1. The number of hydrogen-bond acceptors (Lipinski definition) is 2. The summed E-state index contributed by atoms with van der Waals surface area (Å²) in [7, 11) is 0. The van der Waals surface area contributed by atoms with Crippen LogP contribution in [0, 0.1) is 17.5 Å². The Morgan fingerprint density at radius 2 is 1.73 bits per heavy atom. The van der Waals surface area contributed by atoms with Crippen molar-refractivity contribution in [1.82, 2.24) is 5.32 Å². The normalized spacial score (nSPS) is 18.4. The summed E-state index contributed by atoms with van der Waals surface area (Å²) in [5, 5.41) is 2.93. The molecule has 1 N–H and O–H groups in total. The van der Waals surface area contributed by atoms with Crippen molar-refractivity contribution in [3.8, 4) is 5.75 Å². The highest BCUT2D eigenvalue weighted by Crippen LogP contribution is 2.28. The first-order chi connectivity index (χ1) is 7.00. The third kappa shape index (κ3) is 1.92. The topological polar surface area (TPSA) is 21.3 Å². The zero-order valence-corrected chi connectivity index (χ0v) is 8.11. The SMILES string of the molecule is CC1(Oc2c(F)cc(F)cc2F)CNC1. The summed E-state index contributed by atoms with van der Waals surface area (Å²) in [5.74, 6) is -3.49. The average molecular weight is 217 g/mol. The van der Waals surface area contributed by atoms with Crippen molar-refractivity contribution in [2.24, 2.45) is 0 Å². The first-order valence-corrected chi connectivity index (χ1v) is 4.54. The lowest BCUT2D eigenvalue weighted by Crippen LogP contribution is -2.61. The van der Waals surface area contributed by atoms with Crippen LogP contribution < -0.4 is 10.1 Å². The minimum atomic E-state index is -1.01.